The van der Waals surface area contributed by atoms with E-state index < -0.39 is 20.2 Å². The van der Waals surface area contributed by atoms with Crippen molar-refractivity contribution in [2.24, 2.45) is 5.41 Å². The molecule has 0 spiro atoms. The van der Waals surface area contributed by atoms with Crippen molar-refractivity contribution in [1.82, 2.24) is 0 Å². The van der Waals surface area contributed by atoms with Gasteiger partial charge in [-0.3, -0.25) is 4.79 Å². The maximum atomic E-state index is 10.7. The van der Waals surface area contributed by atoms with Gasteiger partial charge in [-0.1, -0.05) is 13.8 Å². The molecule has 0 amide bonds. The van der Waals surface area contributed by atoms with E-state index in [1.54, 1.807) is 0 Å². The molecule has 0 aromatic heterocycles. The molecule has 0 fully saturated rings. The Bertz CT molecular complexity index is 204. The third-order valence-electron chi connectivity index (χ3n) is 2.26. The number of hydrogen-bond donors (Lipinski definition) is 1. The molecule has 1 N–H and O–H groups in total. The van der Waals surface area contributed by atoms with Gasteiger partial charge in [-0.25, -0.2) is 0 Å². The van der Waals surface area contributed by atoms with Crippen molar-refractivity contribution in [1.29, 1.82) is 0 Å². The Morgan fingerprint density at radius 1 is 1.20 bits per heavy atom. The highest BCUT2D eigenvalue weighted by molar-refractivity contribution is 6.60. The van der Waals surface area contributed by atoms with E-state index in [1.807, 2.05) is 13.8 Å². The second-order valence-electron chi connectivity index (χ2n) is 4.21. The van der Waals surface area contributed by atoms with Gasteiger partial charge in [-0.05, 0) is 5.41 Å². The standard InChI is InChI=1S/C9H20O5Si/c1-9(2,6-8(10)11)7-15(12-3,13-4)14-5/h6-7H2,1-5H3,(H,10,11). The van der Waals surface area contributed by atoms with Crippen LogP contribution in [0, 0.1) is 5.41 Å². The fourth-order valence-electron chi connectivity index (χ4n) is 1.52. The molecular formula is C9H20O5Si. The van der Waals surface area contributed by atoms with Crippen molar-refractivity contribution in [3.05, 3.63) is 0 Å². The molecule has 0 aliphatic heterocycles. The Kier molecular flexibility index (Phi) is 5.43. The SMILES string of the molecule is CO[Si](CC(C)(C)CC(=O)O)(OC)OC. The Hall–Kier alpha value is -0.433. The molecule has 0 bridgehead atoms. The average Bonchev–Trinajstić information content (AvgIpc) is 2.12. The minimum Gasteiger partial charge on any atom is -0.481 e. The number of carboxylic acid groups (broad SMARTS) is 1. The summed E-state index contributed by atoms with van der Waals surface area (Å²) in [5.74, 6) is -0.828. The third kappa shape index (κ3) is 4.74. The van der Waals surface area contributed by atoms with E-state index in [2.05, 4.69) is 0 Å². The van der Waals surface area contributed by atoms with Crippen molar-refractivity contribution in [2.45, 2.75) is 26.3 Å². The maximum Gasteiger partial charge on any atom is 0.500 e. The quantitative estimate of drug-likeness (QED) is 0.676. The molecule has 6 heteroatoms. The molecule has 0 aromatic rings. The summed E-state index contributed by atoms with van der Waals surface area (Å²) >= 11 is 0. The lowest BCUT2D eigenvalue weighted by Gasteiger charge is -2.32. The van der Waals surface area contributed by atoms with E-state index in [0.717, 1.165) is 0 Å². The molecule has 0 aliphatic carbocycles. The van der Waals surface area contributed by atoms with Gasteiger partial charge in [0.25, 0.3) is 0 Å². The summed E-state index contributed by atoms with van der Waals surface area (Å²) in [7, 11) is 1.89. The smallest absolute Gasteiger partial charge is 0.481 e. The van der Waals surface area contributed by atoms with Crippen LogP contribution in [0.15, 0.2) is 0 Å². The molecule has 0 aliphatic rings. The summed E-state index contributed by atoms with van der Waals surface area (Å²) in [5.41, 5.74) is -0.403. The summed E-state index contributed by atoms with van der Waals surface area (Å²) in [6.07, 6.45) is 0.0673. The van der Waals surface area contributed by atoms with E-state index in [9.17, 15) is 4.79 Å². The second-order valence-corrected chi connectivity index (χ2v) is 7.15. The van der Waals surface area contributed by atoms with Crippen LogP contribution < -0.4 is 0 Å². The third-order valence-corrected chi connectivity index (χ3v) is 5.51. The van der Waals surface area contributed by atoms with Crippen molar-refractivity contribution < 1.29 is 23.2 Å². The fourth-order valence-corrected chi connectivity index (χ4v) is 3.75. The van der Waals surface area contributed by atoms with E-state index in [1.165, 1.54) is 21.3 Å². The first-order valence-corrected chi connectivity index (χ1v) is 6.61. The van der Waals surface area contributed by atoms with Gasteiger partial charge in [0.15, 0.2) is 0 Å². The molecule has 15 heavy (non-hydrogen) atoms. The van der Waals surface area contributed by atoms with E-state index in [-0.39, 0.29) is 6.42 Å². The second kappa shape index (κ2) is 5.60. The predicted octanol–water partition coefficient (Wildman–Crippen LogP) is 1.37. The lowest BCUT2D eigenvalue weighted by molar-refractivity contribution is -0.139. The zero-order valence-electron chi connectivity index (χ0n) is 9.99. The molecule has 0 radical (unpaired) electrons. The molecule has 0 heterocycles. The Balaban J connectivity index is 4.57. The number of hydrogen-bond acceptors (Lipinski definition) is 4. The van der Waals surface area contributed by atoms with E-state index in [4.69, 9.17) is 18.4 Å². The van der Waals surface area contributed by atoms with Crippen LogP contribution in [-0.2, 0) is 18.1 Å². The summed E-state index contributed by atoms with van der Waals surface area (Å²) < 4.78 is 15.8. The Labute approximate surface area is 91.7 Å². The van der Waals surface area contributed by atoms with Crippen LogP contribution in [0.3, 0.4) is 0 Å². The van der Waals surface area contributed by atoms with Gasteiger partial charge in [0.2, 0.25) is 0 Å². The minimum atomic E-state index is -2.68. The minimum absolute atomic E-state index is 0.0673. The van der Waals surface area contributed by atoms with Gasteiger partial charge in [-0.2, -0.15) is 0 Å². The normalized spacial score (nSPS) is 12.9. The lowest BCUT2D eigenvalue weighted by Crippen LogP contribution is -2.46. The van der Waals surface area contributed by atoms with Crippen LogP contribution in [0.4, 0.5) is 0 Å². The van der Waals surface area contributed by atoms with Crippen molar-refractivity contribution in [3.63, 3.8) is 0 Å². The van der Waals surface area contributed by atoms with Crippen LogP contribution in [-0.4, -0.2) is 41.2 Å². The monoisotopic (exact) mass is 236 g/mol. The van der Waals surface area contributed by atoms with Gasteiger partial charge < -0.3 is 18.4 Å². The Morgan fingerprint density at radius 2 is 1.60 bits per heavy atom. The molecule has 0 unspecified atom stereocenters. The molecule has 0 aromatic carbocycles. The van der Waals surface area contributed by atoms with Crippen molar-refractivity contribution >= 4 is 14.8 Å². The zero-order valence-corrected chi connectivity index (χ0v) is 11.0. The number of aliphatic carboxylic acids is 1. The molecule has 0 atom stereocenters. The maximum absolute atomic E-state index is 10.7. The van der Waals surface area contributed by atoms with Crippen LogP contribution in [0.1, 0.15) is 20.3 Å². The lowest BCUT2D eigenvalue weighted by atomic mass is 9.92. The van der Waals surface area contributed by atoms with Crippen LogP contribution in [0.5, 0.6) is 0 Å². The summed E-state index contributed by atoms with van der Waals surface area (Å²) in [6, 6.07) is 0.482. The summed E-state index contributed by atoms with van der Waals surface area (Å²) in [4.78, 5) is 10.7. The molecular weight excluding hydrogens is 216 g/mol. The van der Waals surface area contributed by atoms with E-state index >= 15 is 0 Å². The molecule has 0 rings (SSSR count). The zero-order chi connectivity index (χ0) is 12.1. The van der Waals surface area contributed by atoms with Gasteiger partial charge in [0.1, 0.15) is 0 Å². The highest BCUT2D eigenvalue weighted by atomic mass is 28.4. The van der Waals surface area contributed by atoms with Crippen LogP contribution in [0.25, 0.3) is 0 Å². The molecule has 0 saturated heterocycles. The first kappa shape index (κ1) is 14.6. The van der Waals surface area contributed by atoms with Gasteiger partial charge >= 0.3 is 14.8 Å². The van der Waals surface area contributed by atoms with Gasteiger partial charge in [0.05, 0.1) is 6.42 Å². The summed E-state index contributed by atoms with van der Waals surface area (Å²) in [5, 5.41) is 8.76. The first-order chi connectivity index (χ1) is 6.81. The first-order valence-electron chi connectivity index (χ1n) is 4.68. The van der Waals surface area contributed by atoms with Crippen molar-refractivity contribution in [2.75, 3.05) is 21.3 Å². The predicted molar refractivity (Wildman–Crippen MR) is 57.6 cm³/mol. The largest absolute Gasteiger partial charge is 0.500 e. The molecule has 90 valence electrons. The van der Waals surface area contributed by atoms with E-state index in [0.29, 0.717) is 6.04 Å². The van der Waals surface area contributed by atoms with Crippen LogP contribution in [0.2, 0.25) is 6.04 Å². The highest BCUT2D eigenvalue weighted by Crippen LogP contribution is 2.32. The number of rotatable bonds is 7. The number of carbonyl (C=O) groups is 1. The topological polar surface area (TPSA) is 65.0 Å². The average molecular weight is 236 g/mol. The fraction of sp³-hybridized carbons (Fsp3) is 0.889. The van der Waals surface area contributed by atoms with Gasteiger partial charge in [0, 0.05) is 27.4 Å². The number of carboxylic acids is 1. The summed E-state index contributed by atoms with van der Waals surface area (Å²) in [6.45, 7) is 3.72. The highest BCUT2D eigenvalue weighted by Gasteiger charge is 2.44. The van der Waals surface area contributed by atoms with Crippen molar-refractivity contribution in [3.8, 4) is 0 Å². The molecule has 0 saturated carbocycles. The van der Waals surface area contributed by atoms with Gasteiger partial charge in [-0.15, -0.1) is 0 Å². The molecule has 5 nitrogen and oxygen atoms in total. The van der Waals surface area contributed by atoms with Crippen LogP contribution >= 0.6 is 0 Å². The Morgan fingerprint density at radius 3 is 1.87 bits per heavy atom.